The van der Waals surface area contributed by atoms with E-state index in [-0.39, 0.29) is 12.2 Å². The van der Waals surface area contributed by atoms with Crippen molar-refractivity contribution < 1.29 is 9.53 Å². The fourth-order valence-corrected chi connectivity index (χ4v) is 4.10. The Kier molecular flexibility index (Phi) is 5.26. The van der Waals surface area contributed by atoms with Crippen LogP contribution in [0, 0.1) is 0 Å². The van der Waals surface area contributed by atoms with Gasteiger partial charge >= 0.3 is 6.09 Å². The Bertz CT molecular complexity index is 1220. The van der Waals surface area contributed by atoms with Crippen LogP contribution < -0.4 is 4.90 Å². The van der Waals surface area contributed by atoms with E-state index in [4.69, 9.17) is 4.74 Å². The Morgan fingerprint density at radius 3 is 2.44 bits per heavy atom. The summed E-state index contributed by atoms with van der Waals surface area (Å²) in [4.78, 5) is 16.7. The molecular formula is C24H26N6O2. The van der Waals surface area contributed by atoms with Gasteiger partial charge < -0.3 is 14.5 Å². The summed E-state index contributed by atoms with van der Waals surface area (Å²) in [6, 6.07) is 14.0. The third kappa shape index (κ3) is 3.91. The van der Waals surface area contributed by atoms with E-state index in [9.17, 15) is 4.79 Å². The van der Waals surface area contributed by atoms with Crippen LogP contribution in [0.1, 0.15) is 18.6 Å². The number of piperazine rings is 1. The van der Waals surface area contributed by atoms with Crippen LogP contribution in [0.2, 0.25) is 0 Å². The van der Waals surface area contributed by atoms with Gasteiger partial charge in [-0.15, -0.1) is 0 Å². The molecule has 0 aliphatic carbocycles. The maximum Gasteiger partial charge on any atom is 0.410 e. The number of amides is 1. The number of aryl methyl sites for hydroxylation is 1. The van der Waals surface area contributed by atoms with Gasteiger partial charge in [0, 0.05) is 56.7 Å². The molecule has 0 radical (unpaired) electrons. The van der Waals surface area contributed by atoms with E-state index in [0.29, 0.717) is 13.1 Å². The molecule has 1 aromatic carbocycles. The Morgan fingerprint density at radius 1 is 0.938 bits per heavy atom. The highest BCUT2D eigenvalue weighted by Crippen LogP contribution is 2.26. The number of benzene rings is 1. The van der Waals surface area contributed by atoms with Crippen LogP contribution in [0.3, 0.4) is 0 Å². The number of hydrogen-bond acceptors (Lipinski definition) is 5. The SMILES string of the molecule is CC(OC(=O)N1CCN(c2cnn3cc(-c4cnn(C)c4)ccc23)CC1)c1ccccc1. The Hall–Kier alpha value is -3.81. The molecule has 3 aromatic heterocycles. The molecule has 1 amide bonds. The molecule has 1 atom stereocenters. The zero-order chi connectivity index (χ0) is 22.1. The number of pyridine rings is 1. The van der Waals surface area contributed by atoms with Gasteiger partial charge in [0.1, 0.15) is 6.10 Å². The summed E-state index contributed by atoms with van der Waals surface area (Å²) in [6.07, 6.45) is 7.23. The summed E-state index contributed by atoms with van der Waals surface area (Å²) in [5, 5.41) is 8.80. The molecule has 1 unspecified atom stereocenters. The number of hydrogen-bond donors (Lipinski definition) is 0. The standard InChI is InChI=1S/C24H26N6O2/c1-18(19-6-4-3-5-7-19)32-24(31)29-12-10-28(11-13-29)23-15-26-30-17-20(8-9-22(23)30)21-14-25-27(2)16-21/h3-9,14-18H,10-13H2,1-2H3. The summed E-state index contributed by atoms with van der Waals surface area (Å²) in [5.41, 5.74) is 5.25. The molecule has 0 spiro atoms. The van der Waals surface area contributed by atoms with Crippen LogP contribution in [-0.2, 0) is 11.8 Å². The van der Waals surface area contributed by atoms with Crippen LogP contribution in [0.5, 0.6) is 0 Å². The van der Waals surface area contributed by atoms with Crippen LogP contribution in [0.25, 0.3) is 16.6 Å². The molecule has 1 aliphatic heterocycles. The minimum absolute atomic E-state index is 0.262. The first-order chi connectivity index (χ1) is 15.6. The summed E-state index contributed by atoms with van der Waals surface area (Å²) >= 11 is 0. The second-order valence-electron chi connectivity index (χ2n) is 8.09. The third-order valence-corrected chi connectivity index (χ3v) is 5.96. The molecule has 0 bridgehead atoms. The van der Waals surface area contributed by atoms with Gasteiger partial charge in [0.15, 0.2) is 0 Å². The predicted octanol–water partition coefficient (Wildman–Crippen LogP) is 3.75. The highest BCUT2D eigenvalue weighted by Gasteiger charge is 2.25. The van der Waals surface area contributed by atoms with E-state index in [0.717, 1.165) is 41.0 Å². The molecule has 1 saturated heterocycles. The van der Waals surface area contributed by atoms with E-state index in [1.54, 1.807) is 9.58 Å². The number of anilines is 1. The van der Waals surface area contributed by atoms with Crippen molar-refractivity contribution in [2.45, 2.75) is 13.0 Å². The average molecular weight is 431 g/mol. The van der Waals surface area contributed by atoms with Crippen LogP contribution in [-0.4, -0.2) is 56.6 Å². The average Bonchev–Trinajstić information content (AvgIpc) is 3.45. The molecule has 8 heteroatoms. The van der Waals surface area contributed by atoms with Crippen LogP contribution >= 0.6 is 0 Å². The Morgan fingerprint density at radius 2 is 1.72 bits per heavy atom. The number of carbonyl (C=O) groups is 1. The van der Waals surface area contributed by atoms with E-state index in [1.807, 2.05) is 73.6 Å². The van der Waals surface area contributed by atoms with E-state index >= 15 is 0 Å². The zero-order valence-electron chi connectivity index (χ0n) is 18.3. The first-order valence-corrected chi connectivity index (χ1v) is 10.8. The topological polar surface area (TPSA) is 67.9 Å². The van der Waals surface area contributed by atoms with E-state index in [1.165, 1.54) is 0 Å². The number of fused-ring (bicyclic) bond motifs is 1. The van der Waals surface area contributed by atoms with Gasteiger partial charge in [-0.3, -0.25) is 4.68 Å². The lowest BCUT2D eigenvalue weighted by Gasteiger charge is -2.35. The van der Waals surface area contributed by atoms with E-state index in [2.05, 4.69) is 27.2 Å². The molecule has 0 saturated carbocycles. The highest BCUT2D eigenvalue weighted by atomic mass is 16.6. The van der Waals surface area contributed by atoms with Crippen molar-refractivity contribution in [1.29, 1.82) is 0 Å². The third-order valence-electron chi connectivity index (χ3n) is 5.96. The molecular weight excluding hydrogens is 404 g/mol. The molecule has 4 heterocycles. The lowest BCUT2D eigenvalue weighted by Crippen LogP contribution is -2.49. The molecule has 164 valence electrons. The van der Waals surface area contributed by atoms with Gasteiger partial charge in [-0.05, 0) is 18.6 Å². The quantitative estimate of drug-likeness (QED) is 0.493. The number of carbonyl (C=O) groups excluding carboxylic acids is 1. The first-order valence-electron chi connectivity index (χ1n) is 10.8. The van der Waals surface area contributed by atoms with Gasteiger partial charge in [-0.1, -0.05) is 36.4 Å². The minimum Gasteiger partial charge on any atom is -0.442 e. The van der Waals surface area contributed by atoms with Gasteiger partial charge in [0.25, 0.3) is 0 Å². The van der Waals surface area contributed by atoms with Crippen molar-refractivity contribution in [3.63, 3.8) is 0 Å². The van der Waals surface area contributed by atoms with Crippen molar-refractivity contribution in [1.82, 2.24) is 24.3 Å². The largest absolute Gasteiger partial charge is 0.442 e. The van der Waals surface area contributed by atoms with Crippen molar-refractivity contribution in [2.24, 2.45) is 7.05 Å². The van der Waals surface area contributed by atoms with Gasteiger partial charge in [0.2, 0.25) is 0 Å². The predicted molar refractivity (Wildman–Crippen MR) is 123 cm³/mol. The summed E-state index contributed by atoms with van der Waals surface area (Å²) in [6.45, 7) is 4.61. The minimum atomic E-state index is -0.268. The first kappa shape index (κ1) is 20.1. The second kappa shape index (κ2) is 8.37. The lowest BCUT2D eigenvalue weighted by molar-refractivity contribution is 0.0681. The number of ether oxygens (including phenoxy) is 1. The maximum absolute atomic E-state index is 12.6. The zero-order valence-corrected chi connectivity index (χ0v) is 18.3. The van der Waals surface area contributed by atoms with Crippen molar-refractivity contribution >= 4 is 17.3 Å². The normalized spacial score (nSPS) is 15.2. The van der Waals surface area contributed by atoms with Crippen molar-refractivity contribution in [3.05, 3.63) is 72.8 Å². The number of rotatable bonds is 4. The highest BCUT2D eigenvalue weighted by molar-refractivity contribution is 5.76. The monoisotopic (exact) mass is 430 g/mol. The van der Waals surface area contributed by atoms with Gasteiger partial charge in [-0.25, -0.2) is 9.31 Å². The Balaban J connectivity index is 1.23. The fraction of sp³-hybridized carbons (Fsp3) is 0.292. The lowest BCUT2D eigenvalue weighted by atomic mass is 10.1. The van der Waals surface area contributed by atoms with Crippen molar-refractivity contribution in [2.75, 3.05) is 31.1 Å². The molecule has 1 fully saturated rings. The smallest absolute Gasteiger partial charge is 0.410 e. The Labute approximate surface area is 186 Å². The summed E-state index contributed by atoms with van der Waals surface area (Å²) in [5.74, 6) is 0. The van der Waals surface area contributed by atoms with E-state index < -0.39 is 0 Å². The second-order valence-corrected chi connectivity index (χ2v) is 8.09. The van der Waals surface area contributed by atoms with Crippen LogP contribution in [0.15, 0.2) is 67.3 Å². The molecule has 8 nitrogen and oxygen atoms in total. The molecule has 0 N–H and O–H groups in total. The van der Waals surface area contributed by atoms with Crippen molar-refractivity contribution in [3.8, 4) is 11.1 Å². The maximum atomic E-state index is 12.6. The molecule has 32 heavy (non-hydrogen) atoms. The van der Waals surface area contributed by atoms with Gasteiger partial charge in [-0.2, -0.15) is 10.2 Å². The van der Waals surface area contributed by atoms with Crippen LogP contribution in [0.4, 0.5) is 10.5 Å². The number of nitrogens with zero attached hydrogens (tertiary/aromatic N) is 6. The summed E-state index contributed by atoms with van der Waals surface area (Å²) < 4.78 is 9.37. The summed E-state index contributed by atoms with van der Waals surface area (Å²) in [7, 11) is 1.91. The molecule has 4 aromatic rings. The number of aromatic nitrogens is 4. The fourth-order valence-electron chi connectivity index (χ4n) is 4.10. The van der Waals surface area contributed by atoms with Gasteiger partial charge in [0.05, 0.1) is 23.6 Å². The molecule has 1 aliphatic rings. The molecule has 5 rings (SSSR count).